The SMILES string of the molecule is CCCCCC(C)NC(=O)OCC(F)(F)F. The number of hydrogen-bond donors (Lipinski definition) is 1. The Morgan fingerprint density at radius 1 is 1.38 bits per heavy atom. The molecule has 0 aliphatic rings. The number of alkyl carbamates (subject to hydrolysis) is 1. The van der Waals surface area contributed by atoms with Crippen LogP contribution in [0.15, 0.2) is 0 Å². The molecule has 0 aromatic carbocycles. The van der Waals surface area contributed by atoms with Crippen molar-refractivity contribution in [2.24, 2.45) is 0 Å². The highest BCUT2D eigenvalue weighted by molar-refractivity contribution is 5.67. The number of rotatable bonds is 6. The zero-order valence-corrected chi connectivity index (χ0v) is 9.56. The fraction of sp³-hybridized carbons (Fsp3) is 0.900. The lowest BCUT2D eigenvalue weighted by atomic mass is 10.1. The van der Waals surface area contributed by atoms with Crippen molar-refractivity contribution in [2.45, 2.75) is 51.7 Å². The van der Waals surface area contributed by atoms with E-state index in [2.05, 4.69) is 17.0 Å². The fourth-order valence-corrected chi connectivity index (χ4v) is 1.16. The summed E-state index contributed by atoms with van der Waals surface area (Å²) in [5.41, 5.74) is 0. The average molecular weight is 241 g/mol. The second-order valence-corrected chi connectivity index (χ2v) is 3.73. The summed E-state index contributed by atoms with van der Waals surface area (Å²) in [6.07, 6.45) is -1.69. The first-order valence-corrected chi connectivity index (χ1v) is 5.35. The maximum atomic E-state index is 11.7. The largest absolute Gasteiger partial charge is 0.440 e. The third-order valence-corrected chi connectivity index (χ3v) is 1.97. The van der Waals surface area contributed by atoms with E-state index in [9.17, 15) is 18.0 Å². The topological polar surface area (TPSA) is 38.3 Å². The fourth-order valence-electron chi connectivity index (χ4n) is 1.16. The summed E-state index contributed by atoms with van der Waals surface area (Å²) >= 11 is 0. The van der Waals surface area contributed by atoms with E-state index < -0.39 is 18.9 Å². The number of carbonyl (C=O) groups is 1. The minimum Gasteiger partial charge on any atom is -0.440 e. The lowest BCUT2D eigenvalue weighted by Crippen LogP contribution is -2.35. The highest BCUT2D eigenvalue weighted by Gasteiger charge is 2.29. The summed E-state index contributed by atoms with van der Waals surface area (Å²) in [7, 11) is 0. The molecule has 0 fully saturated rings. The molecule has 0 rings (SSSR count). The number of amides is 1. The number of alkyl halides is 3. The number of hydrogen-bond acceptors (Lipinski definition) is 2. The van der Waals surface area contributed by atoms with Crippen LogP contribution in [0.1, 0.15) is 39.5 Å². The van der Waals surface area contributed by atoms with E-state index >= 15 is 0 Å². The Morgan fingerprint density at radius 3 is 2.50 bits per heavy atom. The smallest absolute Gasteiger partial charge is 0.422 e. The normalized spacial score (nSPS) is 13.3. The predicted octanol–water partition coefficient (Wildman–Crippen LogP) is 3.24. The third kappa shape index (κ3) is 9.61. The van der Waals surface area contributed by atoms with Gasteiger partial charge in [0.15, 0.2) is 6.61 Å². The molecule has 1 amide bonds. The quantitative estimate of drug-likeness (QED) is 0.725. The maximum Gasteiger partial charge on any atom is 0.422 e. The van der Waals surface area contributed by atoms with Gasteiger partial charge in [-0.25, -0.2) is 4.79 Å². The second kappa shape index (κ2) is 7.35. The molecule has 0 spiro atoms. The lowest BCUT2D eigenvalue weighted by Gasteiger charge is -2.14. The molecule has 1 N–H and O–H groups in total. The Morgan fingerprint density at radius 2 is 2.00 bits per heavy atom. The Kier molecular flexibility index (Phi) is 6.92. The van der Waals surface area contributed by atoms with Crippen molar-refractivity contribution in [2.75, 3.05) is 6.61 Å². The molecule has 16 heavy (non-hydrogen) atoms. The van der Waals surface area contributed by atoms with Gasteiger partial charge >= 0.3 is 12.3 Å². The van der Waals surface area contributed by atoms with Crippen molar-refractivity contribution in [1.29, 1.82) is 0 Å². The van der Waals surface area contributed by atoms with Crippen LogP contribution in [0, 0.1) is 0 Å². The molecule has 0 aliphatic heterocycles. The summed E-state index contributed by atoms with van der Waals surface area (Å²) < 4.78 is 39.1. The third-order valence-electron chi connectivity index (χ3n) is 1.97. The van der Waals surface area contributed by atoms with E-state index in [1.807, 2.05) is 0 Å². The van der Waals surface area contributed by atoms with Gasteiger partial charge in [0.25, 0.3) is 0 Å². The standard InChI is InChI=1S/C10H18F3NO2/c1-3-4-5-6-8(2)14-9(15)16-7-10(11,12)13/h8H,3-7H2,1-2H3,(H,14,15). The van der Waals surface area contributed by atoms with E-state index in [1.54, 1.807) is 6.92 Å². The molecule has 3 nitrogen and oxygen atoms in total. The Balaban J connectivity index is 3.62. The second-order valence-electron chi connectivity index (χ2n) is 3.73. The molecule has 6 heteroatoms. The van der Waals surface area contributed by atoms with E-state index in [4.69, 9.17) is 0 Å². The number of ether oxygens (including phenoxy) is 1. The monoisotopic (exact) mass is 241 g/mol. The van der Waals surface area contributed by atoms with Crippen LogP contribution in [0.25, 0.3) is 0 Å². The van der Waals surface area contributed by atoms with Gasteiger partial charge in [-0.1, -0.05) is 26.2 Å². The van der Waals surface area contributed by atoms with Crippen molar-refractivity contribution >= 4 is 6.09 Å². The molecule has 96 valence electrons. The first-order chi connectivity index (χ1) is 7.35. The molecular weight excluding hydrogens is 223 g/mol. The van der Waals surface area contributed by atoms with E-state index in [-0.39, 0.29) is 6.04 Å². The van der Waals surface area contributed by atoms with Crippen molar-refractivity contribution < 1.29 is 22.7 Å². The van der Waals surface area contributed by atoms with E-state index in [1.165, 1.54) is 0 Å². The summed E-state index contributed by atoms with van der Waals surface area (Å²) in [5, 5.41) is 2.35. The maximum absolute atomic E-state index is 11.7. The molecule has 0 radical (unpaired) electrons. The zero-order valence-electron chi connectivity index (χ0n) is 9.56. The Labute approximate surface area is 93.3 Å². The van der Waals surface area contributed by atoms with Gasteiger partial charge in [-0.3, -0.25) is 0 Å². The average Bonchev–Trinajstić information content (AvgIpc) is 2.14. The number of unbranched alkanes of at least 4 members (excludes halogenated alkanes) is 2. The molecule has 0 aromatic heterocycles. The minimum absolute atomic E-state index is 0.160. The number of halogens is 3. The summed E-state index contributed by atoms with van der Waals surface area (Å²) in [6.45, 7) is 2.25. The van der Waals surface area contributed by atoms with Gasteiger partial charge in [0.05, 0.1) is 0 Å². The van der Waals surface area contributed by atoms with Crippen LogP contribution in [-0.2, 0) is 4.74 Å². The van der Waals surface area contributed by atoms with Gasteiger partial charge in [0.1, 0.15) is 0 Å². The van der Waals surface area contributed by atoms with Crippen LogP contribution < -0.4 is 5.32 Å². The molecule has 1 atom stereocenters. The minimum atomic E-state index is -4.47. The van der Waals surface area contributed by atoms with Crippen LogP contribution >= 0.6 is 0 Å². The summed E-state index contributed by atoms with van der Waals surface area (Å²) in [5.74, 6) is 0. The molecule has 0 aromatic rings. The molecule has 0 aliphatic carbocycles. The van der Waals surface area contributed by atoms with Gasteiger partial charge in [0.2, 0.25) is 0 Å². The predicted molar refractivity (Wildman–Crippen MR) is 54.1 cm³/mol. The van der Waals surface area contributed by atoms with Crippen LogP contribution in [-0.4, -0.2) is 24.9 Å². The van der Waals surface area contributed by atoms with Crippen LogP contribution in [0.4, 0.5) is 18.0 Å². The van der Waals surface area contributed by atoms with E-state index in [0.717, 1.165) is 25.7 Å². The van der Waals surface area contributed by atoms with Crippen molar-refractivity contribution in [3.63, 3.8) is 0 Å². The first kappa shape index (κ1) is 15.1. The molecule has 0 bridgehead atoms. The van der Waals surface area contributed by atoms with Gasteiger partial charge in [-0.15, -0.1) is 0 Å². The van der Waals surface area contributed by atoms with Crippen LogP contribution in [0.2, 0.25) is 0 Å². The molecule has 0 saturated heterocycles. The van der Waals surface area contributed by atoms with Crippen LogP contribution in [0.5, 0.6) is 0 Å². The van der Waals surface area contributed by atoms with Crippen molar-refractivity contribution in [3.05, 3.63) is 0 Å². The molecule has 0 saturated carbocycles. The zero-order chi connectivity index (χ0) is 12.6. The van der Waals surface area contributed by atoms with Gasteiger partial charge in [0, 0.05) is 6.04 Å². The summed E-state index contributed by atoms with van der Waals surface area (Å²) in [4.78, 5) is 10.9. The Hall–Kier alpha value is -0.940. The summed E-state index contributed by atoms with van der Waals surface area (Å²) in [6, 6.07) is -0.160. The van der Waals surface area contributed by atoms with Crippen LogP contribution in [0.3, 0.4) is 0 Å². The van der Waals surface area contributed by atoms with Gasteiger partial charge < -0.3 is 10.1 Å². The highest BCUT2D eigenvalue weighted by Crippen LogP contribution is 2.14. The number of nitrogens with one attached hydrogen (secondary N) is 1. The molecule has 1 unspecified atom stereocenters. The van der Waals surface area contributed by atoms with Gasteiger partial charge in [-0.2, -0.15) is 13.2 Å². The number of carbonyl (C=O) groups excluding carboxylic acids is 1. The highest BCUT2D eigenvalue weighted by atomic mass is 19.4. The van der Waals surface area contributed by atoms with E-state index in [0.29, 0.717) is 0 Å². The van der Waals surface area contributed by atoms with Gasteiger partial charge in [-0.05, 0) is 13.3 Å². The van der Waals surface area contributed by atoms with Crippen molar-refractivity contribution in [3.8, 4) is 0 Å². The lowest BCUT2D eigenvalue weighted by molar-refractivity contribution is -0.160. The first-order valence-electron chi connectivity index (χ1n) is 5.35. The van der Waals surface area contributed by atoms with Crippen molar-refractivity contribution in [1.82, 2.24) is 5.32 Å². The molecule has 0 heterocycles. The molecular formula is C10H18F3NO2. The Bertz CT molecular complexity index is 207.